The highest BCUT2D eigenvalue weighted by molar-refractivity contribution is 4.86. The Bertz CT molecular complexity index is 243. The SMILES string of the molecule is CC(CC1CCCCN1)NC1CCCC(C)(C)C1. The zero-order valence-electron chi connectivity index (χ0n) is 12.6. The molecule has 18 heavy (non-hydrogen) atoms. The van der Waals surface area contributed by atoms with E-state index in [1.807, 2.05) is 0 Å². The summed E-state index contributed by atoms with van der Waals surface area (Å²) in [5.41, 5.74) is 0.554. The second-order valence-electron chi connectivity index (χ2n) is 7.41. The molecule has 2 heteroatoms. The number of piperidine rings is 1. The lowest BCUT2D eigenvalue weighted by molar-refractivity contribution is 0.186. The van der Waals surface area contributed by atoms with Crippen LogP contribution in [0.5, 0.6) is 0 Å². The first kappa shape index (κ1) is 14.3. The van der Waals surface area contributed by atoms with Crippen molar-refractivity contribution in [3.8, 4) is 0 Å². The summed E-state index contributed by atoms with van der Waals surface area (Å²) in [5.74, 6) is 0. The molecule has 1 saturated carbocycles. The fraction of sp³-hybridized carbons (Fsp3) is 1.00. The summed E-state index contributed by atoms with van der Waals surface area (Å²) in [7, 11) is 0. The minimum Gasteiger partial charge on any atom is -0.314 e. The molecule has 0 spiro atoms. The summed E-state index contributed by atoms with van der Waals surface area (Å²) in [6, 6.07) is 2.18. The highest BCUT2D eigenvalue weighted by atomic mass is 15.0. The molecule has 0 aromatic rings. The predicted molar refractivity (Wildman–Crippen MR) is 78.9 cm³/mol. The van der Waals surface area contributed by atoms with Crippen LogP contribution in [-0.2, 0) is 0 Å². The van der Waals surface area contributed by atoms with E-state index in [4.69, 9.17) is 0 Å². The molecule has 1 saturated heterocycles. The summed E-state index contributed by atoms with van der Waals surface area (Å²) in [6.45, 7) is 8.45. The monoisotopic (exact) mass is 252 g/mol. The summed E-state index contributed by atoms with van der Waals surface area (Å²) < 4.78 is 0. The minimum atomic E-state index is 0.554. The Labute approximate surface area is 113 Å². The van der Waals surface area contributed by atoms with E-state index in [9.17, 15) is 0 Å². The van der Waals surface area contributed by atoms with Gasteiger partial charge in [0.2, 0.25) is 0 Å². The van der Waals surface area contributed by atoms with Crippen LogP contribution in [0.4, 0.5) is 0 Å². The van der Waals surface area contributed by atoms with E-state index in [-0.39, 0.29) is 0 Å². The molecule has 1 aliphatic heterocycles. The van der Waals surface area contributed by atoms with E-state index in [1.165, 1.54) is 57.9 Å². The van der Waals surface area contributed by atoms with Crippen molar-refractivity contribution in [3.63, 3.8) is 0 Å². The number of hydrogen-bond donors (Lipinski definition) is 2. The molecule has 3 atom stereocenters. The van der Waals surface area contributed by atoms with Gasteiger partial charge in [0.05, 0.1) is 0 Å². The predicted octanol–water partition coefficient (Wildman–Crippen LogP) is 3.47. The van der Waals surface area contributed by atoms with Gasteiger partial charge in [-0.1, -0.05) is 26.7 Å². The van der Waals surface area contributed by atoms with Crippen molar-refractivity contribution in [2.45, 2.75) is 90.3 Å². The van der Waals surface area contributed by atoms with Gasteiger partial charge in [0.1, 0.15) is 0 Å². The molecule has 0 bridgehead atoms. The highest BCUT2D eigenvalue weighted by Crippen LogP contribution is 2.35. The second kappa shape index (κ2) is 6.38. The van der Waals surface area contributed by atoms with Gasteiger partial charge in [-0.2, -0.15) is 0 Å². The first-order valence-corrected chi connectivity index (χ1v) is 8.05. The van der Waals surface area contributed by atoms with Gasteiger partial charge in [0.25, 0.3) is 0 Å². The Morgan fingerprint density at radius 1 is 1.22 bits per heavy atom. The van der Waals surface area contributed by atoms with E-state index in [0.29, 0.717) is 11.5 Å². The van der Waals surface area contributed by atoms with E-state index in [0.717, 1.165) is 12.1 Å². The minimum absolute atomic E-state index is 0.554. The van der Waals surface area contributed by atoms with Crippen LogP contribution in [0.25, 0.3) is 0 Å². The lowest BCUT2D eigenvalue weighted by Gasteiger charge is -2.37. The molecule has 2 nitrogen and oxygen atoms in total. The normalized spacial score (nSPS) is 34.2. The Balaban J connectivity index is 1.71. The summed E-state index contributed by atoms with van der Waals surface area (Å²) in [5, 5.41) is 7.55. The lowest BCUT2D eigenvalue weighted by atomic mass is 9.75. The Morgan fingerprint density at radius 3 is 2.72 bits per heavy atom. The molecule has 3 unspecified atom stereocenters. The van der Waals surface area contributed by atoms with Crippen molar-refractivity contribution in [2.24, 2.45) is 5.41 Å². The topological polar surface area (TPSA) is 24.1 Å². The number of hydrogen-bond acceptors (Lipinski definition) is 2. The highest BCUT2D eigenvalue weighted by Gasteiger charge is 2.28. The molecule has 0 radical (unpaired) electrons. The third kappa shape index (κ3) is 4.55. The van der Waals surface area contributed by atoms with Crippen LogP contribution in [0.15, 0.2) is 0 Å². The van der Waals surface area contributed by atoms with Gasteiger partial charge >= 0.3 is 0 Å². The van der Waals surface area contributed by atoms with Gasteiger partial charge < -0.3 is 10.6 Å². The molecule has 0 aromatic carbocycles. The third-order valence-electron chi connectivity index (χ3n) is 4.78. The van der Waals surface area contributed by atoms with Crippen molar-refractivity contribution < 1.29 is 0 Å². The summed E-state index contributed by atoms with van der Waals surface area (Å²) in [4.78, 5) is 0. The van der Waals surface area contributed by atoms with Crippen LogP contribution in [0.3, 0.4) is 0 Å². The van der Waals surface area contributed by atoms with Gasteiger partial charge in [-0.25, -0.2) is 0 Å². The van der Waals surface area contributed by atoms with Crippen molar-refractivity contribution >= 4 is 0 Å². The standard InChI is InChI=1S/C16H32N2/c1-13(11-14-7-4-5-10-17-14)18-15-8-6-9-16(2,3)12-15/h13-15,17-18H,4-12H2,1-3H3. The largest absolute Gasteiger partial charge is 0.314 e. The van der Waals surface area contributed by atoms with Crippen molar-refractivity contribution in [1.29, 1.82) is 0 Å². The molecule has 2 N–H and O–H groups in total. The molecule has 2 fully saturated rings. The van der Waals surface area contributed by atoms with Crippen LogP contribution in [0.2, 0.25) is 0 Å². The molecule has 106 valence electrons. The summed E-state index contributed by atoms with van der Waals surface area (Å²) >= 11 is 0. The molecule has 1 heterocycles. The van der Waals surface area contributed by atoms with E-state index in [2.05, 4.69) is 31.4 Å². The Kier molecular flexibility index (Phi) is 5.08. The number of rotatable bonds is 4. The maximum Gasteiger partial charge on any atom is 0.00817 e. The number of nitrogens with one attached hydrogen (secondary N) is 2. The van der Waals surface area contributed by atoms with Crippen LogP contribution >= 0.6 is 0 Å². The average Bonchev–Trinajstić information content (AvgIpc) is 2.28. The zero-order valence-corrected chi connectivity index (χ0v) is 12.6. The Morgan fingerprint density at radius 2 is 2.06 bits per heavy atom. The van der Waals surface area contributed by atoms with E-state index in [1.54, 1.807) is 0 Å². The molecule has 0 amide bonds. The van der Waals surface area contributed by atoms with Gasteiger partial charge in [-0.05, 0) is 57.4 Å². The Hall–Kier alpha value is -0.0800. The van der Waals surface area contributed by atoms with Crippen molar-refractivity contribution in [1.82, 2.24) is 10.6 Å². The van der Waals surface area contributed by atoms with Gasteiger partial charge in [0.15, 0.2) is 0 Å². The molecule has 1 aliphatic carbocycles. The maximum absolute atomic E-state index is 3.88. The van der Waals surface area contributed by atoms with Gasteiger partial charge in [0, 0.05) is 18.1 Å². The van der Waals surface area contributed by atoms with E-state index >= 15 is 0 Å². The fourth-order valence-corrected chi connectivity index (χ4v) is 3.86. The quantitative estimate of drug-likeness (QED) is 0.800. The first-order chi connectivity index (χ1) is 8.55. The molecule has 0 aromatic heterocycles. The van der Waals surface area contributed by atoms with Gasteiger partial charge in [-0.15, -0.1) is 0 Å². The summed E-state index contributed by atoms with van der Waals surface area (Å²) in [6.07, 6.45) is 11.0. The van der Waals surface area contributed by atoms with Crippen LogP contribution in [0.1, 0.15) is 72.1 Å². The van der Waals surface area contributed by atoms with Crippen molar-refractivity contribution in [2.75, 3.05) is 6.54 Å². The molecule has 2 aliphatic rings. The lowest BCUT2D eigenvalue weighted by Crippen LogP contribution is -2.45. The van der Waals surface area contributed by atoms with Crippen molar-refractivity contribution in [3.05, 3.63) is 0 Å². The second-order valence-corrected chi connectivity index (χ2v) is 7.41. The molecular formula is C16H32N2. The maximum atomic E-state index is 3.88. The van der Waals surface area contributed by atoms with Crippen LogP contribution < -0.4 is 10.6 Å². The van der Waals surface area contributed by atoms with Crippen LogP contribution in [-0.4, -0.2) is 24.7 Å². The zero-order chi connectivity index (χ0) is 13.0. The first-order valence-electron chi connectivity index (χ1n) is 8.05. The molecular weight excluding hydrogens is 220 g/mol. The molecule has 2 rings (SSSR count). The van der Waals surface area contributed by atoms with Gasteiger partial charge in [-0.3, -0.25) is 0 Å². The fourth-order valence-electron chi connectivity index (χ4n) is 3.86. The van der Waals surface area contributed by atoms with Crippen LogP contribution in [0, 0.1) is 5.41 Å². The third-order valence-corrected chi connectivity index (χ3v) is 4.78. The average molecular weight is 252 g/mol. The van der Waals surface area contributed by atoms with E-state index < -0.39 is 0 Å². The smallest absolute Gasteiger partial charge is 0.00817 e.